The molecule has 0 amide bonds. The average Bonchev–Trinajstić information content (AvgIpc) is 2.87. The van der Waals surface area contributed by atoms with Gasteiger partial charge in [0.25, 0.3) is 0 Å². The molecular formula is C30H38O9. The molecule has 5 rings (SSSR count). The summed E-state index contributed by atoms with van der Waals surface area (Å²) in [6.45, 7) is 7.69. The summed E-state index contributed by atoms with van der Waals surface area (Å²) in [6, 6.07) is 8.55. The Morgan fingerprint density at radius 3 is 2.31 bits per heavy atom. The van der Waals surface area contributed by atoms with Gasteiger partial charge in [-0.05, 0) is 25.0 Å². The Kier molecular flexibility index (Phi) is 6.52. The molecule has 0 aromatic heterocycles. The Balaban J connectivity index is 1.81. The van der Waals surface area contributed by atoms with Gasteiger partial charge in [-0.15, -0.1) is 0 Å². The predicted molar refractivity (Wildman–Crippen MR) is 138 cm³/mol. The zero-order valence-electron chi connectivity index (χ0n) is 23.0. The Labute approximate surface area is 227 Å². The minimum absolute atomic E-state index is 0.0272. The topological polar surface area (TPSA) is 151 Å². The molecule has 4 aliphatic rings. The average molecular weight is 543 g/mol. The molecular weight excluding hydrogens is 504 g/mol. The van der Waals surface area contributed by atoms with Crippen LogP contribution in [-0.4, -0.2) is 80.2 Å². The quantitative estimate of drug-likeness (QED) is 0.253. The summed E-state index contributed by atoms with van der Waals surface area (Å²) in [4.78, 5) is 40.6. The van der Waals surface area contributed by atoms with Crippen molar-refractivity contribution in [2.45, 2.75) is 89.5 Å². The molecule has 1 aliphatic heterocycles. The molecule has 1 aromatic rings. The number of ether oxygens (including phenoxy) is 2. The third-order valence-electron chi connectivity index (χ3n) is 10.4. The van der Waals surface area contributed by atoms with Gasteiger partial charge in [-0.1, -0.05) is 44.2 Å². The largest absolute Gasteiger partial charge is 0.454 e. The van der Waals surface area contributed by atoms with Gasteiger partial charge >= 0.3 is 5.97 Å². The third-order valence-corrected chi connectivity index (χ3v) is 10.4. The molecule has 9 nitrogen and oxygen atoms in total. The summed E-state index contributed by atoms with van der Waals surface area (Å²) in [7, 11) is 0. The van der Waals surface area contributed by atoms with Gasteiger partial charge < -0.3 is 29.9 Å². The molecule has 212 valence electrons. The van der Waals surface area contributed by atoms with Gasteiger partial charge in [0.1, 0.15) is 12.2 Å². The van der Waals surface area contributed by atoms with E-state index in [2.05, 4.69) is 0 Å². The normalized spacial score (nSPS) is 42.8. The molecule has 3 fully saturated rings. The number of carbonyl (C=O) groups excluding carboxylic acids is 3. The van der Waals surface area contributed by atoms with Crippen molar-refractivity contribution in [2.24, 2.45) is 22.7 Å². The lowest BCUT2D eigenvalue weighted by Crippen LogP contribution is -2.80. The number of benzene rings is 1. The van der Waals surface area contributed by atoms with E-state index in [0.29, 0.717) is 11.1 Å². The molecule has 4 N–H and O–H groups in total. The van der Waals surface area contributed by atoms with Crippen LogP contribution in [0.5, 0.6) is 0 Å². The number of hydrogen-bond donors (Lipinski definition) is 4. The van der Waals surface area contributed by atoms with Gasteiger partial charge in [-0.3, -0.25) is 14.4 Å². The molecule has 2 unspecified atom stereocenters. The highest BCUT2D eigenvalue weighted by Crippen LogP contribution is 2.65. The molecule has 1 aromatic carbocycles. The molecule has 1 saturated heterocycles. The fraction of sp³-hybridized carbons (Fsp3) is 0.633. The number of ketones is 2. The minimum Gasteiger partial charge on any atom is -0.454 e. The minimum atomic E-state index is -1.84. The molecule has 39 heavy (non-hydrogen) atoms. The molecule has 0 radical (unpaired) electrons. The molecule has 3 aliphatic carbocycles. The smallest absolute Gasteiger partial charge is 0.303 e. The van der Waals surface area contributed by atoms with Crippen molar-refractivity contribution in [2.75, 3.05) is 6.61 Å². The van der Waals surface area contributed by atoms with Crippen molar-refractivity contribution >= 4 is 17.5 Å². The maximum Gasteiger partial charge on any atom is 0.303 e. The van der Waals surface area contributed by atoms with Crippen LogP contribution in [0, 0.1) is 22.7 Å². The summed E-state index contributed by atoms with van der Waals surface area (Å²) in [5.74, 6) is -3.81. The SMILES string of the molecule is CC(=O)O[C@@]12CO[C@@H]1C[C@H](O)[C@@]1(C)C(=O)[C@H](O)C3=C(C)[C@@H](O)C[C@@](O)(C(CC(=O)c4ccccc4)C12)C3(C)C. The number of aliphatic hydroxyl groups is 4. The van der Waals surface area contributed by atoms with Crippen molar-refractivity contribution in [3.8, 4) is 0 Å². The van der Waals surface area contributed by atoms with Crippen molar-refractivity contribution in [1.29, 1.82) is 0 Å². The number of esters is 1. The van der Waals surface area contributed by atoms with E-state index in [4.69, 9.17) is 9.47 Å². The fourth-order valence-electron chi connectivity index (χ4n) is 8.30. The first-order valence-corrected chi connectivity index (χ1v) is 13.5. The van der Waals surface area contributed by atoms with Crippen LogP contribution in [0.15, 0.2) is 41.5 Å². The standard InChI is InChI=1S/C30H38O9/c1-15-20(33)13-30(37)18(11-19(32)17-9-7-6-8-10-17)25-28(5,26(36)24(35)23(15)27(30,3)4)21(34)12-22-29(25,14-38-22)39-16(2)31/h6-10,18,20-22,24-25,33-35,37H,11-14H2,1-5H3/t18?,20-,21-,22+,24+,25?,28+,29-,30+/m0/s1. The van der Waals surface area contributed by atoms with Crippen LogP contribution in [0.4, 0.5) is 0 Å². The van der Waals surface area contributed by atoms with E-state index in [9.17, 15) is 34.8 Å². The van der Waals surface area contributed by atoms with Crippen LogP contribution < -0.4 is 0 Å². The first-order valence-electron chi connectivity index (χ1n) is 13.5. The first kappa shape index (κ1) is 28.1. The number of carbonyl (C=O) groups is 3. The van der Waals surface area contributed by atoms with Crippen LogP contribution in [0.1, 0.15) is 64.2 Å². The summed E-state index contributed by atoms with van der Waals surface area (Å²) in [5.41, 5.74) is -5.29. The molecule has 2 saturated carbocycles. The van der Waals surface area contributed by atoms with Crippen molar-refractivity contribution in [1.82, 2.24) is 0 Å². The van der Waals surface area contributed by atoms with E-state index in [1.54, 1.807) is 51.1 Å². The molecule has 9 heteroatoms. The second-order valence-electron chi connectivity index (χ2n) is 12.6. The van der Waals surface area contributed by atoms with Crippen LogP contribution in [-0.2, 0) is 19.1 Å². The van der Waals surface area contributed by atoms with E-state index in [1.807, 2.05) is 0 Å². The van der Waals surface area contributed by atoms with Crippen molar-refractivity contribution in [3.05, 3.63) is 47.0 Å². The lowest BCUT2D eigenvalue weighted by atomic mass is 9.42. The molecule has 2 bridgehead atoms. The number of fused-ring (bicyclic) bond motifs is 5. The van der Waals surface area contributed by atoms with Crippen molar-refractivity contribution in [3.63, 3.8) is 0 Å². The van der Waals surface area contributed by atoms with E-state index in [-0.39, 0.29) is 37.2 Å². The van der Waals surface area contributed by atoms with E-state index >= 15 is 0 Å². The lowest BCUT2D eigenvalue weighted by Gasteiger charge is -2.68. The Bertz CT molecular complexity index is 1240. The number of hydrogen-bond acceptors (Lipinski definition) is 9. The number of rotatable bonds is 4. The van der Waals surface area contributed by atoms with E-state index in [1.165, 1.54) is 13.8 Å². The highest BCUT2D eigenvalue weighted by molar-refractivity contribution is 5.97. The van der Waals surface area contributed by atoms with Crippen molar-refractivity contribution < 1.29 is 44.3 Å². The summed E-state index contributed by atoms with van der Waals surface area (Å²) in [5, 5.41) is 47.0. The molecule has 9 atom stereocenters. The van der Waals surface area contributed by atoms with Gasteiger partial charge in [0.15, 0.2) is 17.2 Å². The van der Waals surface area contributed by atoms with Crippen LogP contribution in [0.2, 0.25) is 0 Å². The maximum absolute atomic E-state index is 14.3. The molecule has 1 heterocycles. The van der Waals surface area contributed by atoms with Gasteiger partial charge in [0.05, 0.1) is 29.8 Å². The number of aliphatic hydroxyl groups excluding tert-OH is 3. The maximum atomic E-state index is 14.3. The molecule has 0 spiro atoms. The highest BCUT2D eigenvalue weighted by atomic mass is 16.6. The fourth-order valence-corrected chi connectivity index (χ4v) is 8.30. The predicted octanol–water partition coefficient (Wildman–Crippen LogP) is 1.75. The summed E-state index contributed by atoms with van der Waals surface area (Å²) >= 11 is 0. The van der Waals surface area contributed by atoms with Crippen LogP contribution >= 0.6 is 0 Å². The van der Waals surface area contributed by atoms with Gasteiger partial charge in [0, 0.05) is 49.0 Å². The third kappa shape index (κ3) is 3.67. The lowest BCUT2D eigenvalue weighted by molar-refractivity contribution is -0.339. The zero-order chi connectivity index (χ0) is 28.7. The Morgan fingerprint density at radius 2 is 1.74 bits per heavy atom. The van der Waals surface area contributed by atoms with Crippen LogP contribution in [0.3, 0.4) is 0 Å². The number of Topliss-reactive ketones (excluding diaryl/α,β-unsaturated/α-hetero) is 2. The summed E-state index contributed by atoms with van der Waals surface area (Å²) < 4.78 is 11.7. The van der Waals surface area contributed by atoms with E-state index < -0.39 is 70.0 Å². The Hall–Kier alpha value is -2.43. The van der Waals surface area contributed by atoms with E-state index in [0.717, 1.165) is 0 Å². The summed E-state index contributed by atoms with van der Waals surface area (Å²) in [6.07, 6.45) is -5.47. The monoisotopic (exact) mass is 542 g/mol. The second kappa shape index (κ2) is 9.04. The second-order valence-corrected chi connectivity index (χ2v) is 12.6. The Morgan fingerprint density at radius 1 is 1.10 bits per heavy atom. The van der Waals surface area contributed by atoms with Gasteiger partial charge in [-0.2, -0.15) is 0 Å². The zero-order valence-corrected chi connectivity index (χ0v) is 23.0. The van der Waals surface area contributed by atoms with Crippen LogP contribution in [0.25, 0.3) is 0 Å². The van der Waals surface area contributed by atoms with Gasteiger partial charge in [0.2, 0.25) is 0 Å². The van der Waals surface area contributed by atoms with Gasteiger partial charge in [-0.25, -0.2) is 0 Å². The first-order chi connectivity index (χ1) is 18.1. The highest BCUT2D eigenvalue weighted by Gasteiger charge is 2.76.